The van der Waals surface area contributed by atoms with Crippen molar-refractivity contribution >= 4 is 88.3 Å². The molecule has 0 fully saturated rings. The Morgan fingerprint density at radius 3 is 0.946 bits per heavy atom. The fourth-order valence-electron chi connectivity index (χ4n) is 17.3. The fourth-order valence-corrected chi connectivity index (χ4v) is 17.3. The first kappa shape index (κ1) is 79.4. The lowest BCUT2D eigenvalue weighted by molar-refractivity contribution is -0.661. The van der Waals surface area contributed by atoms with Gasteiger partial charge in [-0.05, 0) is 237 Å². The Morgan fingerprint density at radius 2 is 0.598 bits per heavy atom. The Labute approximate surface area is 662 Å². The summed E-state index contributed by atoms with van der Waals surface area (Å²) in [7, 11) is 8.53. The number of hydrogen-bond donors (Lipinski definition) is 0. The molecule has 0 aliphatic heterocycles. The molecule has 12 heterocycles. The van der Waals surface area contributed by atoms with Crippen molar-refractivity contribution in [1.82, 2.24) is 19.9 Å². The number of furan rings is 4. The van der Waals surface area contributed by atoms with E-state index in [1.54, 1.807) is 0 Å². The van der Waals surface area contributed by atoms with Crippen LogP contribution >= 0.6 is 0 Å². The third-order valence-electron chi connectivity index (χ3n) is 24.1. The lowest BCUT2D eigenvalue weighted by Crippen LogP contribution is -2.32. The van der Waals surface area contributed by atoms with Gasteiger partial charge in [-0.2, -0.15) is 0 Å². The van der Waals surface area contributed by atoms with Crippen LogP contribution in [0.15, 0.2) is 176 Å². The van der Waals surface area contributed by atoms with Crippen molar-refractivity contribution in [3.05, 3.63) is 237 Å². The standard InChI is InChI=1S/C26H31N2O.2C25H29N2O.C24H27N2O/c1-7-18(8-2)19-10-14-23(28(6)15-19)24-17(5)9-11-20-21-12-13-22(16(3)4)27-26(21)29-25(20)24;2*1-7-18(8-2)21-14-27(6)22(13-16(21)4)23-15(3)9-11-19-20-12-10-17(5)26-25(20)28-24(19)23;1-6-17(7-2)18-12-13-26(5)21(14-18)22-15(3)8-10-19-20-11-9-16(4)25-24(20)27-23(19)22/h9-16,18H,7-8H2,1-6H3;2*9-14,18H,7-8H2,1-6H3;8-14,17H,6-7H2,1-5H3/q4*+1. The molecule has 0 amide bonds. The second kappa shape index (κ2) is 33.3. The summed E-state index contributed by atoms with van der Waals surface area (Å²) in [6.07, 6.45) is 18.4. The molecule has 0 aliphatic rings. The highest BCUT2D eigenvalue weighted by Crippen LogP contribution is 2.43. The number of fused-ring (bicyclic) bond motifs is 12. The van der Waals surface area contributed by atoms with Gasteiger partial charge in [0.25, 0.3) is 0 Å². The van der Waals surface area contributed by atoms with Gasteiger partial charge in [-0.1, -0.05) is 118 Å². The summed E-state index contributed by atoms with van der Waals surface area (Å²) in [4.78, 5) is 18.6. The van der Waals surface area contributed by atoms with Crippen LogP contribution in [0.25, 0.3) is 133 Å². The smallest absolute Gasteiger partial charge is 0.227 e. The summed E-state index contributed by atoms with van der Waals surface area (Å²) in [5.41, 5.74) is 33.2. The second-order valence-corrected chi connectivity index (χ2v) is 31.9. The molecule has 0 bridgehead atoms. The number of benzene rings is 4. The third-order valence-corrected chi connectivity index (χ3v) is 24.1. The van der Waals surface area contributed by atoms with Gasteiger partial charge in [-0.15, -0.1) is 0 Å². The molecule has 16 aromatic rings. The molecule has 12 nitrogen and oxygen atoms in total. The van der Waals surface area contributed by atoms with E-state index in [1.807, 2.05) is 39.0 Å². The molecule has 0 saturated carbocycles. The van der Waals surface area contributed by atoms with E-state index in [1.165, 1.54) is 110 Å². The van der Waals surface area contributed by atoms with Gasteiger partial charge in [-0.3, -0.25) is 0 Å². The molecular weight excluding hydrogens is 1380 g/mol. The normalized spacial score (nSPS) is 11.9. The van der Waals surface area contributed by atoms with Crippen molar-refractivity contribution in [1.29, 1.82) is 0 Å². The van der Waals surface area contributed by atoms with Crippen molar-refractivity contribution in [3.63, 3.8) is 0 Å². The van der Waals surface area contributed by atoms with Crippen molar-refractivity contribution < 1.29 is 35.9 Å². The molecule has 0 radical (unpaired) electrons. The zero-order valence-electron chi connectivity index (χ0n) is 70.8. The maximum atomic E-state index is 6.36. The summed E-state index contributed by atoms with van der Waals surface area (Å²) < 4.78 is 34.2. The number of rotatable bonds is 17. The molecule has 0 aliphatic carbocycles. The SMILES string of the molecule is CCC(CC)c1c[n+](C)c(-c2c(C)ccc3c2oc2nc(C)ccc23)cc1C.CCC(CC)c1c[n+](C)c(-c2c(C)ccc3c2oc2nc(C)ccc23)cc1C.CCC(CC)c1cc[n+](C)c(-c2c(C)ccc3c2oc2nc(C)ccc23)c1.CCC(CC)c1ccc(-c2c(C)ccc3c2oc2nc(C(C)C)ccc23)[n+](C)c1. The summed E-state index contributed by atoms with van der Waals surface area (Å²) >= 11 is 0. The van der Waals surface area contributed by atoms with Crippen molar-refractivity contribution in [2.75, 3.05) is 0 Å². The topological polar surface area (TPSA) is 120 Å². The van der Waals surface area contributed by atoms with Crippen molar-refractivity contribution in [3.8, 4) is 45.0 Å². The number of aromatic nitrogens is 8. The monoisotopic (exact) mass is 1490 g/mol. The number of pyridine rings is 8. The minimum absolute atomic E-state index is 0.379. The van der Waals surface area contributed by atoms with E-state index < -0.39 is 0 Å². The number of aryl methyl sites for hydroxylation is 13. The van der Waals surface area contributed by atoms with Crippen LogP contribution in [-0.2, 0) is 28.2 Å². The molecule has 16 rings (SSSR count). The lowest BCUT2D eigenvalue weighted by Gasteiger charge is -2.15. The average molecular weight is 1490 g/mol. The quantitative estimate of drug-likeness (QED) is 0.0827. The lowest BCUT2D eigenvalue weighted by atomic mass is 9.90. The zero-order chi connectivity index (χ0) is 79.8. The minimum Gasteiger partial charge on any atom is -0.437 e. The molecule has 0 spiro atoms. The van der Waals surface area contributed by atoms with E-state index in [0.29, 0.717) is 29.6 Å². The Kier molecular flexibility index (Phi) is 23.6. The van der Waals surface area contributed by atoms with Crippen LogP contribution in [0.4, 0.5) is 0 Å². The number of nitrogens with zero attached hydrogens (tertiary/aromatic N) is 8. The predicted molar refractivity (Wildman–Crippen MR) is 463 cm³/mol. The maximum absolute atomic E-state index is 6.36. The number of hydrogen-bond acceptors (Lipinski definition) is 8. The first-order valence-electron chi connectivity index (χ1n) is 41.1. The highest BCUT2D eigenvalue weighted by Gasteiger charge is 2.29. The second-order valence-electron chi connectivity index (χ2n) is 31.9. The van der Waals surface area contributed by atoms with E-state index in [4.69, 9.17) is 22.7 Å². The summed E-state index contributed by atoms with van der Waals surface area (Å²) in [6.45, 7) is 41.6. The van der Waals surface area contributed by atoms with Gasteiger partial charge in [-0.25, -0.2) is 38.2 Å². The van der Waals surface area contributed by atoms with Crippen LogP contribution in [0.2, 0.25) is 0 Å². The Bertz CT molecular complexity index is 6000. The van der Waals surface area contributed by atoms with Gasteiger partial charge in [0.1, 0.15) is 28.2 Å². The molecule has 112 heavy (non-hydrogen) atoms. The van der Waals surface area contributed by atoms with Crippen LogP contribution in [0, 0.1) is 62.3 Å². The molecule has 4 aromatic carbocycles. The molecular formula is C100H116N8O4+4. The van der Waals surface area contributed by atoms with E-state index in [9.17, 15) is 0 Å². The largest absolute Gasteiger partial charge is 0.437 e. The summed E-state index contributed by atoms with van der Waals surface area (Å²) in [6, 6.07) is 47.9. The van der Waals surface area contributed by atoms with E-state index in [0.717, 1.165) is 153 Å². The third kappa shape index (κ3) is 15.2. The average Bonchev–Trinajstić information content (AvgIpc) is 1.59. The van der Waals surface area contributed by atoms with Crippen LogP contribution in [0.1, 0.15) is 229 Å². The van der Waals surface area contributed by atoms with Crippen LogP contribution in [0.3, 0.4) is 0 Å². The minimum atomic E-state index is 0.379. The zero-order valence-corrected chi connectivity index (χ0v) is 70.8. The summed E-state index contributed by atoms with van der Waals surface area (Å²) in [5, 5.41) is 8.84. The predicted octanol–water partition coefficient (Wildman–Crippen LogP) is 25.4. The van der Waals surface area contributed by atoms with Gasteiger partial charge in [0.2, 0.25) is 45.6 Å². The van der Waals surface area contributed by atoms with Crippen LogP contribution < -0.4 is 18.3 Å². The van der Waals surface area contributed by atoms with Crippen molar-refractivity contribution in [2.24, 2.45) is 28.2 Å². The Hall–Kier alpha value is -10.7. The highest BCUT2D eigenvalue weighted by atomic mass is 16.4. The molecule has 0 saturated heterocycles. The van der Waals surface area contributed by atoms with Crippen LogP contribution in [0.5, 0.6) is 0 Å². The van der Waals surface area contributed by atoms with Crippen LogP contribution in [-0.4, -0.2) is 19.9 Å². The van der Waals surface area contributed by atoms with Gasteiger partial charge < -0.3 is 17.7 Å². The molecule has 12 heteroatoms. The maximum Gasteiger partial charge on any atom is 0.227 e. The Balaban J connectivity index is 0.000000131. The first-order valence-corrected chi connectivity index (χ1v) is 41.1. The van der Waals surface area contributed by atoms with E-state index in [-0.39, 0.29) is 0 Å². The first-order chi connectivity index (χ1) is 53.8. The van der Waals surface area contributed by atoms with E-state index in [2.05, 4.69) is 312 Å². The summed E-state index contributed by atoms with van der Waals surface area (Å²) in [5.74, 6) is 2.79. The molecule has 12 aromatic heterocycles. The van der Waals surface area contributed by atoms with E-state index >= 15 is 0 Å². The van der Waals surface area contributed by atoms with Crippen molar-refractivity contribution in [2.45, 2.75) is 213 Å². The van der Waals surface area contributed by atoms with Gasteiger partial charge in [0.05, 0.1) is 22.3 Å². The molecule has 0 N–H and O–H groups in total. The van der Waals surface area contributed by atoms with Gasteiger partial charge in [0.15, 0.2) is 47.1 Å². The van der Waals surface area contributed by atoms with Gasteiger partial charge in [0, 0.05) is 113 Å². The van der Waals surface area contributed by atoms with Gasteiger partial charge >= 0.3 is 0 Å². The molecule has 576 valence electrons. The Morgan fingerprint density at radius 1 is 0.286 bits per heavy atom. The fraction of sp³-hybridized carbons (Fsp3) is 0.360. The molecule has 0 atom stereocenters. The highest BCUT2D eigenvalue weighted by molar-refractivity contribution is 6.12. The molecule has 0 unspecified atom stereocenters.